The number of benzene rings is 1. The van der Waals surface area contributed by atoms with Gasteiger partial charge in [-0.05, 0) is 32.0 Å². The fraction of sp³-hybridized carbons (Fsp3) is 0.429. The van der Waals surface area contributed by atoms with Gasteiger partial charge in [0.05, 0.1) is 5.56 Å². The number of anilines is 2. The lowest BCUT2D eigenvalue weighted by Crippen LogP contribution is -2.38. The Morgan fingerprint density at radius 3 is 2.55 bits per heavy atom. The molecule has 0 aliphatic heterocycles. The molecule has 0 spiro atoms. The minimum Gasteiger partial charge on any atom is -0.399 e. The molecule has 0 saturated heterocycles. The highest BCUT2D eigenvalue weighted by Gasteiger charge is 2.17. The van der Waals surface area contributed by atoms with Crippen LogP contribution in [0.4, 0.5) is 11.4 Å². The number of likely N-dealkylation sites (N-methyl/N-ethyl adjacent to an activating group) is 1. The topological polar surface area (TPSA) is 87.5 Å². The Hall–Kier alpha value is -2.24. The first kappa shape index (κ1) is 15.8. The van der Waals surface area contributed by atoms with Crippen LogP contribution in [0.15, 0.2) is 18.2 Å². The number of nitrogen functional groups attached to an aromatic ring is 1. The summed E-state index contributed by atoms with van der Waals surface area (Å²) in [6.07, 6.45) is 0. The van der Waals surface area contributed by atoms with E-state index in [9.17, 15) is 9.59 Å². The number of rotatable bonds is 5. The van der Waals surface area contributed by atoms with Crippen molar-refractivity contribution in [3.8, 4) is 0 Å². The zero-order chi connectivity index (χ0) is 15.3. The molecule has 6 heteroatoms. The summed E-state index contributed by atoms with van der Waals surface area (Å²) < 4.78 is 0. The van der Waals surface area contributed by atoms with E-state index in [2.05, 4.69) is 10.6 Å². The number of hydrogen-bond donors (Lipinski definition) is 3. The average molecular weight is 278 g/mol. The van der Waals surface area contributed by atoms with Crippen LogP contribution in [0, 0.1) is 0 Å². The summed E-state index contributed by atoms with van der Waals surface area (Å²) in [5, 5.41) is 5.76. The molecule has 0 saturated carbocycles. The van der Waals surface area contributed by atoms with Crippen molar-refractivity contribution in [2.75, 3.05) is 31.7 Å². The highest BCUT2D eigenvalue weighted by molar-refractivity contribution is 6.00. The molecule has 4 N–H and O–H groups in total. The Labute approximate surface area is 119 Å². The summed E-state index contributed by atoms with van der Waals surface area (Å²) in [6.45, 7) is 4.15. The molecule has 1 aromatic carbocycles. The first-order valence-corrected chi connectivity index (χ1v) is 6.52. The molecular weight excluding hydrogens is 256 g/mol. The van der Waals surface area contributed by atoms with Gasteiger partial charge in [0.25, 0.3) is 5.91 Å². The maximum Gasteiger partial charge on any atom is 0.255 e. The van der Waals surface area contributed by atoms with Crippen molar-refractivity contribution < 1.29 is 9.59 Å². The van der Waals surface area contributed by atoms with Gasteiger partial charge < -0.3 is 21.3 Å². The predicted molar refractivity (Wildman–Crippen MR) is 80.6 cm³/mol. The summed E-state index contributed by atoms with van der Waals surface area (Å²) >= 11 is 0. The number of carbonyl (C=O) groups excluding carboxylic acids is 2. The summed E-state index contributed by atoms with van der Waals surface area (Å²) in [6, 6.07) is 4.53. The molecule has 0 radical (unpaired) electrons. The van der Waals surface area contributed by atoms with E-state index in [-0.39, 0.29) is 11.8 Å². The third-order valence-electron chi connectivity index (χ3n) is 2.80. The first-order chi connectivity index (χ1) is 9.36. The van der Waals surface area contributed by atoms with Crippen molar-refractivity contribution in [2.24, 2.45) is 0 Å². The summed E-state index contributed by atoms with van der Waals surface area (Å²) in [4.78, 5) is 25.3. The van der Waals surface area contributed by atoms with Gasteiger partial charge in [-0.1, -0.05) is 0 Å². The van der Waals surface area contributed by atoms with Crippen LogP contribution in [0.25, 0.3) is 0 Å². The Morgan fingerprint density at radius 2 is 2.00 bits per heavy atom. The smallest absolute Gasteiger partial charge is 0.255 e. The summed E-state index contributed by atoms with van der Waals surface area (Å²) in [5.74, 6) is -0.270. The monoisotopic (exact) mass is 278 g/mol. The van der Waals surface area contributed by atoms with Crippen LogP contribution in [0.1, 0.15) is 24.2 Å². The molecule has 6 nitrogen and oxygen atoms in total. The number of hydrogen-bond acceptors (Lipinski definition) is 4. The third-order valence-corrected chi connectivity index (χ3v) is 2.80. The van der Waals surface area contributed by atoms with Gasteiger partial charge in [-0.15, -0.1) is 0 Å². The maximum absolute atomic E-state index is 12.1. The molecule has 1 unspecified atom stereocenters. The summed E-state index contributed by atoms with van der Waals surface area (Å²) in [5.41, 5.74) is 7.33. The number of amides is 2. The van der Waals surface area contributed by atoms with Crippen LogP contribution in [0.3, 0.4) is 0 Å². The first-order valence-electron chi connectivity index (χ1n) is 6.52. The molecule has 110 valence electrons. The summed E-state index contributed by atoms with van der Waals surface area (Å²) in [7, 11) is 3.35. The fourth-order valence-corrected chi connectivity index (χ4v) is 1.73. The van der Waals surface area contributed by atoms with Crippen molar-refractivity contribution in [3.05, 3.63) is 23.8 Å². The Balaban J connectivity index is 3.01. The second-order valence-corrected chi connectivity index (χ2v) is 4.77. The molecule has 1 aromatic rings. The molecule has 0 aliphatic rings. The molecule has 0 fully saturated rings. The molecule has 0 aliphatic carbocycles. The van der Waals surface area contributed by atoms with Crippen LogP contribution in [0.2, 0.25) is 0 Å². The van der Waals surface area contributed by atoms with E-state index in [1.807, 2.05) is 6.92 Å². The van der Waals surface area contributed by atoms with Crippen molar-refractivity contribution in [3.63, 3.8) is 0 Å². The average Bonchev–Trinajstić information content (AvgIpc) is 2.38. The van der Waals surface area contributed by atoms with Crippen LogP contribution < -0.4 is 16.4 Å². The van der Waals surface area contributed by atoms with Crippen LogP contribution in [0.5, 0.6) is 0 Å². The van der Waals surface area contributed by atoms with Gasteiger partial charge in [0, 0.05) is 32.0 Å². The van der Waals surface area contributed by atoms with Gasteiger partial charge in [0.1, 0.15) is 6.04 Å². The minimum atomic E-state index is -0.453. The third kappa shape index (κ3) is 3.88. The van der Waals surface area contributed by atoms with E-state index in [0.717, 1.165) is 0 Å². The quantitative estimate of drug-likeness (QED) is 0.699. The van der Waals surface area contributed by atoms with E-state index < -0.39 is 6.04 Å². The van der Waals surface area contributed by atoms with E-state index in [1.54, 1.807) is 39.2 Å². The van der Waals surface area contributed by atoms with Gasteiger partial charge in [-0.3, -0.25) is 9.59 Å². The fourth-order valence-electron chi connectivity index (χ4n) is 1.73. The molecule has 1 atom stereocenters. The molecule has 20 heavy (non-hydrogen) atoms. The van der Waals surface area contributed by atoms with Gasteiger partial charge in [0.2, 0.25) is 5.91 Å². The Morgan fingerprint density at radius 1 is 1.35 bits per heavy atom. The number of nitrogens with two attached hydrogens (primary N) is 1. The molecule has 1 rings (SSSR count). The zero-order valence-corrected chi connectivity index (χ0v) is 12.4. The maximum atomic E-state index is 12.1. The van der Waals surface area contributed by atoms with E-state index >= 15 is 0 Å². The highest BCUT2D eigenvalue weighted by Crippen LogP contribution is 2.21. The lowest BCUT2D eigenvalue weighted by atomic mass is 10.1. The van der Waals surface area contributed by atoms with E-state index in [1.165, 1.54) is 4.90 Å². The van der Waals surface area contributed by atoms with Gasteiger partial charge in [-0.2, -0.15) is 0 Å². The number of carbonyl (C=O) groups is 2. The lowest BCUT2D eigenvalue weighted by Gasteiger charge is -2.19. The second kappa shape index (κ2) is 6.79. The number of nitrogens with zero attached hydrogens (tertiary/aromatic N) is 1. The predicted octanol–water partition coefficient (Wildman–Crippen LogP) is 0.907. The van der Waals surface area contributed by atoms with Gasteiger partial charge in [-0.25, -0.2) is 0 Å². The van der Waals surface area contributed by atoms with Gasteiger partial charge >= 0.3 is 0 Å². The van der Waals surface area contributed by atoms with Crippen molar-refractivity contribution in [1.82, 2.24) is 10.2 Å². The standard InChI is InChI=1S/C14H22N4O2/c1-5-16-13(19)9(2)17-12-8-10(15)6-7-11(12)14(20)18(3)4/h6-9,17H,5,15H2,1-4H3,(H,16,19). The van der Waals surface area contributed by atoms with E-state index in [4.69, 9.17) is 5.73 Å². The largest absolute Gasteiger partial charge is 0.399 e. The Kier molecular flexibility index (Phi) is 5.37. The SMILES string of the molecule is CCNC(=O)C(C)Nc1cc(N)ccc1C(=O)N(C)C. The van der Waals surface area contributed by atoms with Crippen molar-refractivity contribution in [2.45, 2.75) is 19.9 Å². The molecule has 0 aromatic heterocycles. The molecule has 2 amide bonds. The zero-order valence-electron chi connectivity index (χ0n) is 12.4. The van der Waals surface area contributed by atoms with E-state index in [0.29, 0.717) is 23.5 Å². The van der Waals surface area contributed by atoms with Crippen LogP contribution in [-0.4, -0.2) is 43.4 Å². The lowest BCUT2D eigenvalue weighted by molar-refractivity contribution is -0.121. The van der Waals surface area contributed by atoms with Crippen molar-refractivity contribution >= 4 is 23.2 Å². The minimum absolute atomic E-state index is 0.127. The van der Waals surface area contributed by atoms with Crippen LogP contribution in [-0.2, 0) is 4.79 Å². The Bertz CT molecular complexity index is 500. The van der Waals surface area contributed by atoms with Gasteiger partial charge in [0.15, 0.2) is 0 Å². The highest BCUT2D eigenvalue weighted by atomic mass is 16.2. The molecular formula is C14H22N4O2. The number of nitrogens with one attached hydrogen (secondary N) is 2. The van der Waals surface area contributed by atoms with Crippen LogP contribution >= 0.6 is 0 Å². The molecule has 0 bridgehead atoms. The second-order valence-electron chi connectivity index (χ2n) is 4.77. The molecule has 0 heterocycles. The normalized spacial score (nSPS) is 11.6. The van der Waals surface area contributed by atoms with Crippen molar-refractivity contribution in [1.29, 1.82) is 0 Å².